The van der Waals surface area contributed by atoms with E-state index >= 15 is 0 Å². The molecule has 13 heteroatoms. The molecule has 0 spiro atoms. The van der Waals surface area contributed by atoms with Crippen molar-refractivity contribution in [3.63, 3.8) is 0 Å². The van der Waals surface area contributed by atoms with Crippen LogP contribution < -0.4 is 0 Å². The molecule has 0 aliphatic carbocycles. The molecule has 8 nitrogen and oxygen atoms in total. The van der Waals surface area contributed by atoms with E-state index in [0.29, 0.717) is 88.7 Å². The van der Waals surface area contributed by atoms with Crippen molar-refractivity contribution in [3.8, 4) is 0 Å². The summed E-state index contributed by atoms with van der Waals surface area (Å²) in [7, 11) is 2.50. The first-order valence-corrected chi connectivity index (χ1v) is 40.9. The number of halogens is 5. The molecule has 0 saturated heterocycles. The van der Waals surface area contributed by atoms with E-state index in [1.54, 1.807) is 0 Å². The monoisotopic (exact) mass is 1650 g/mol. The molecule has 8 rings (SSSR count). The quantitative estimate of drug-likeness (QED) is 0.0886. The largest absolute Gasteiger partial charge is 0.371 e. The second-order valence-electron chi connectivity index (χ2n) is 31.1. The molecule has 0 saturated carbocycles. The number of alkyl halides is 5. The van der Waals surface area contributed by atoms with E-state index in [0.717, 1.165) is 0 Å². The van der Waals surface area contributed by atoms with Crippen molar-refractivity contribution >= 4 is 0 Å². The van der Waals surface area contributed by atoms with E-state index in [1.165, 1.54) is 44.5 Å². The van der Waals surface area contributed by atoms with Gasteiger partial charge in [0.25, 0.3) is 0 Å². The van der Waals surface area contributed by atoms with Crippen LogP contribution in [0.25, 0.3) is 0 Å². The lowest BCUT2D eigenvalue weighted by atomic mass is 10.2. The summed E-state index contributed by atoms with van der Waals surface area (Å²) in [6.45, 7) is 75.2. The first kappa shape index (κ1) is 133. The fourth-order valence-corrected chi connectivity index (χ4v) is 6.99. The lowest BCUT2D eigenvalue weighted by Crippen LogP contribution is -2.18. The predicted octanol–water partition coefficient (Wildman–Crippen LogP) is 32.7. The number of ether oxygens (including phenoxy) is 8. The smallest absolute Gasteiger partial charge is 0.0785 e. The third kappa shape index (κ3) is 113. The van der Waals surface area contributed by atoms with Crippen LogP contribution in [0.2, 0.25) is 0 Å². The Morgan fingerprint density at radius 2 is 0.205 bits per heavy atom. The first-order valence-electron chi connectivity index (χ1n) is 40.9. The molecule has 0 aliphatic rings. The van der Waals surface area contributed by atoms with Crippen LogP contribution in [0.4, 0.5) is 22.0 Å². The average Bonchev–Trinajstić information content (AvgIpc) is 0.976. The van der Waals surface area contributed by atoms with Crippen LogP contribution in [-0.2, 0) is 90.7 Å². The highest BCUT2D eigenvalue weighted by atomic mass is 19.1. The molecular formula is C104H177F5O8. The van der Waals surface area contributed by atoms with Crippen molar-refractivity contribution < 1.29 is 59.8 Å². The van der Waals surface area contributed by atoms with Crippen molar-refractivity contribution in [2.45, 2.75) is 340 Å². The molecule has 0 N–H and O–H groups in total. The number of hydrogen-bond acceptors (Lipinski definition) is 8. The zero-order chi connectivity index (χ0) is 92.2. The van der Waals surface area contributed by atoms with Gasteiger partial charge in [-0.05, 0) is 211 Å². The third-order valence-corrected chi connectivity index (χ3v) is 12.1. The Kier molecular flexibility index (Phi) is 99.1. The van der Waals surface area contributed by atoms with Crippen molar-refractivity contribution in [1.82, 2.24) is 0 Å². The molecule has 676 valence electrons. The highest BCUT2D eigenvalue weighted by Gasteiger charge is 2.15. The van der Waals surface area contributed by atoms with Gasteiger partial charge >= 0.3 is 0 Å². The van der Waals surface area contributed by atoms with Crippen molar-refractivity contribution in [2.75, 3.05) is 35.9 Å². The van der Waals surface area contributed by atoms with Crippen LogP contribution in [0.1, 0.15) is 287 Å². The topological polar surface area (TPSA) is 73.8 Å². The molecular weight excluding hydrogens is 1470 g/mol. The molecule has 0 aliphatic heterocycles. The highest BCUT2D eigenvalue weighted by Crippen LogP contribution is 2.18. The number of hydrogen-bond donors (Lipinski definition) is 0. The summed E-state index contributed by atoms with van der Waals surface area (Å²) in [5.41, 5.74) is 9.47. The minimum atomic E-state index is -0.0458. The van der Waals surface area contributed by atoms with E-state index in [1.807, 2.05) is 215 Å². The Bertz CT molecular complexity index is 2440. The van der Waals surface area contributed by atoms with E-state index in [2.05, 4.69) is 263 Å². The Morgan fingerprint density at radius 1 is 0.145 bits per heavy atom. The standard InChI is InChI=1S/8C11H16O.5C2H6.5CH3F.CH4/c8*1-11(2,3)12-9-10-7-5-4-6-8-10;10*1-2;/h8*4-8H,9H2,1-3H3;5*1-2H3;5*1H3;1H4. The molecule has 8 aromatic rings. The molecule has 0 fully saturated rings. The van der Waals surface area contributed by atoms with Gasteiger partial charge in [0.2, 0.25) is 0 Å². The highest BCUT2D eigenvalue weighted by molar-refractivity contribution is 5.19. The van der Waals surface area contributed by atoms with E-state index in [-0.39, 0.29) is 52.2 Å². The van der Waals surface area contributed by atoms with Gasteiger partial charge in [0.05, 0.1) is 134 Å². The van der Waals surface area contributed by atoms with Gasteiger partial charge in [-0.25, -0.2) is 0 Å². The van der Waals surface area contributed by atoms with Gasteiger partial charge in [0, 0.05) is 0 Å². The van der Waals surface area contributed by atoms with Crippen LogP contribution in [-0.4, -0.2) is 80.7 Å². The van der Waals surface area contributed by atoms with Crippen LogP contribution in [0.5, 0.6) is 0 Å². The Hall–Kier alpha value is -6.91. The average molecular weight is 1650 g/mol. The molecule has 117 heavy (non-hydrogen) atoms. The molecule has 0 radical (unpaired) electrons. The SMILES string of the molecule is C.CC.CC.CC.CC.CC.CC(C)(C)OCc1ccccc1.CC(C)(C)OCc1ccccc1.CC(C)(C)OCc1ccccc1.CC(C)(C)OCc1ccccc1.CC(C)(C)OCc1ccccc1.CC(C)(C)OCc1ccccc1.CC(C)(C)OCc1ccccc1.CC(C)(C)OCc1ccccc1.CF.CF.CF.CF.CF. The molecule has 0 atom stereocenters. The lowest BCUT2D eigenvalue weighted by molar-refractivity contribution is -0.0152. The van der Waals surface area contributed by atoms with Gasteiger partial charge < -0.3 is 37.9 Å². The molecule has 0 aromatic heterocycles. The summed E-state index contributed by atoms with van der Waals surface area (Å²) in [4.78, 5) is 0. The van der Waals surface area contributed by atoms with Gasteiger partial charge in [0.1, 0.15) is 0 Å². The minimum Gasteiger partial charge on any atom is -0.371 e. The van der Waals surface area contributed by atoms with Gasteiger partial charge in [0.15, 0.2) is 0 Å². The van der Waals surface area contributed by atoms with E-state index < -0.39 is 0 Å². The number of benzene rings is 8. The van der Waals surface area contributed by atoms with Gasteiger partial charge in [-0.2, -0.15) is 0 Å². The summed E-state index contributed by atoms with van der Waals surface area (Å²) in [5.74, 6) is 0. The van der Waals surface area contributed by atoms with Crippen LogP contribution in [0.15, 0.2) is 243 Å². The summed E-state index contributed by atoms with van der Waals surface area (Å²) in [6, 6.07) is 81.8. The molecule has 0 amide bonds. The molecule has 8 aromatic carbocycles. The maximum absolute atomic E-state index is 9.50. The number of rotatable bonds is 16. The van der Waals surface area contributed by atoms with E-state index in [4.69, 9.17) is 37.9 Å². The maximum Gasteiger partial charge on any atom is 0.0785 e. The summed E-state index contributed by atoms with van der Waals surface area (Å²) in [6.07, 6.45) is 0. The Labute approximate surface area is 719 Å². The summed E-state index contributed by atoms with van der Waals surface area (Å²) < 4.78 is 92.4. The molecule has 0 heterocycles. The van der Waals surface area contributed by atoms with Crippen LogP contribution >= 0.6 is 0 Å². The van der Waals surface area contributed by atoms with Gasteiger partial charge in [-0.1, -0.05) is 319 Å². The lowest BCUT2D eigenvalue weighted by Gasteiger charge is -2.19. The normalized spacial score (nSPS) is 10.0. The van der Waals surface area contributed by atoms with Crippen LogP contribution in [0.3, 0.4) is 0 Å². The second kappa shape index (κ2) is 86.9. The first-order chi connectivity index (χ1) is 54.6. The summed E-state index contributed by atoms with van der Waals surface area (Å²) in [5, 5.41) is 0. The summed E-state index contributed by atoms with van der Waals surface area (Å²) >= 11 is 0. The zero-order valence-corrected chi connectivity index (χ0v) is 80.9. The van der Waals surface area contributed by atoms with Crippen LogP contribution in [0, 0.1) is 0 Å². The Balaban J connectivity index is -0.000000118. The maximum atomic E-state index is 9.50. The fourth-order valence-electron chi connectivity index (χ4n) is 6.99. The van der Waals surface area contributed by atoms with Crippen molar-refractivity contribution in [2.24, 2.45) is 0 Å². The van der Waals surface area contributed by atoms with E-state index in [9.17, 15) is 22.0 Å². The zero-order valence-electron chi connectivity index (χ0n) is 80.9. The second-order valence-corrected chi connectivity index (χ2v) is 31.1. The van der Waals surface area contributed by atoms with Gasteiger partial charge in [-0.3, -0.25) is 22.0 Å². The third-order valence-electron chi connectivity index (χ3n) is 12.1. The minimum absolute atomic E-state index is 0. The van der Waals surface area contributed by atoms with Crippen molar-refractivity contribution in [3.05, 3.63) is 287 Å². The molecule has 0 unspecified atom stereocenters. The Morgan fingerprint density at radius 3 is 0.256 bits per heavy atom. The van der Waals surface area contributed by atoms with Crippen molar-refractivity contribution in [1.29, 1.82) is 0 Å². The van der Waals surface area contributed by atoms with Gasteiger partial charge in [-0.15, -0.1) is 0 Å². The fraction of sp³-hybridized carbons (Fsp3) is 0.538. The molecule has 0 bridgehead atoms. The predicted molar refractivity (Wildman–Crippen MR) is 507 cm³/mol.